The van der Waals surface area contributed by atoms with Crippen molar-refractivity contribution in [2.45, 2.75) is 26.9 Å². The van der Waals surface area contributed by atoms with Crippen molar-refractivity contribution in [3.63, 3.8) is 0 Å². The highest BCUT2D eigenvalue weighted by molar-refractivity contribution is 7.88. The molecule has 0 spiro atoms. The zero-order valence-corrected chi connectivity index (χ0v) is 13.9. The van der Waals surface area contributed by atoms with Crippen LogP contribution in [-0.2, 0) is 23.1 Å². The molecule has 0 bridgehead atoms. The van der Waals surface area contributed by atoms with Crippen molar-refractivity contribution in [1.82, 2.24) is 14.5 Å². The minimum atomic E-state index is -3.06. The van der Waals surface area contributed by atoms with Gasteiger partial charge in [0.2, 0.25) is 10.0 Å². The Morgan fingerprint density at radius 3 is 2.52 bits per heavy atom. The average molecular weight is 315 g/mol. The van der Waals surface area contributed by atoms with Crippen LogP contribution in [0.1, 0.15) is 24.0 Å². The van der Waals surface area contributed by atoms with Gasteiger partial charge in [0.05, 0.1) is 19.3 Å². The fraction of sp³-hybridized carbons (Fsp3) is 0.714. The number of rotatable bonds is 6. The van der Waals surface area contributed by atoms with Gasteiger partial charge in [0.15, 0.2) is 0 Å². The molecule has 6 nitrogen and oxygen atoms in total. The maximum atomic E-state index is 11.5. The lowest BCUT2D eigenvalue weighted by atomic mass is 10.2. The number of furan rings is 1. The van der Waals surface area contributed by atoms with Crippen LogP contribution in [0.15, 0.2) is 10.5 Å². The van der Waals surface area contributed by atoms with Crippen molar-refractivity contribution in [2.75, 3.05) is 39.0 Å². The molecule has 1 N–H and O–H groups in total. The van der Waals surface area contributed by atoms with E-state index in [-0.39, 0.29) is 0 Å². The molecule has 7 heteroatoms. The molecule has 120 valence electrons. The molecule has 2 rings (SSSR count). The summed E-state index contributed by atoms with van der Waals surface area (Å²) in [7, 11) is -3.06. The highest BCUT2D eigenvalue weighted by Gasteiger charge is 2.24. The third-order valence-electron chi connectivity index (χ3n) is 3.79. The molecule has 1 aromatic heterocycles. The number of aryl methyl sites for hydroxylation is 1. The van der Waals surface area contributed by atoms with Gasteiger partial charge in [-0.1, -0.05) is 6.92 Å². The van der Waals surface area contributed by atoms with E-state index in [0.29, 0.717) is 13.1 Å². The molecule has 1 aromatic rings. The molecule has 2 heterocycles. The Hall–Kier alpha value is -0.890. The molecule has 0 aliphatic carbocycles. The van der Waals surface area contributed by atoms with Crippen LogP contribution in [0.25, 0.3) is 0 Å². The predicted octanol–water partition coefficient (Wildman–Crippen LogP) is 0.775. The highest BCUT2D eigenvalue weighted by Crippen LogP contribution is 2.17. The molecular formula is C14H25N3O3S. The molecule has 0 unspecified atom stereocenters. The molecular weight excluding hydrogens is 290 g/mol. The predicted molar refractivity (Wildman–Crippen MR) is 82.5 cm³/mol. The Kier molecular flexibility index (Phi) is 5.43. The van der Waals surface area contributed by atoms with Gasteiger partial charge in [0, 0.05) is 26.2 Å². The SMILES string of the molecule is CCNCc1oc(CN2CCN(S(C)(=O)=O)CC2)cc1C. The van der Waals surface area contributed by atoms with E-state index in [9.17, 15) is 8.42 Å². The van der Waals surface area contributed by atoms with E-state index in [0.717, 1.165) is 44.2 Å². The first kappa shape index (κ1) is 16.5. The summed E-state index contributed by atoms with van der Waals surface area (Å²) in [6.07, 6.45) is 1.27. The van der Waals surface area contributed by atoms with E-state index in [1.54, 1.807) is 0 Å². The summed E-state index contributed by atoms with van der Waals surface area (Å²) in [5, 5.41) is 3.26. The standard InChI is InChI=1S/C14H25N3O3S/c1-4-15-10-14-12(2)9-13(20-14)11-16-5-7-17(8-6-16)21(3,18)19/h9,15H,4-8,10-11H2,1-3H3. The summed E-state index contributed by atoms with van der Waals surface area (Å²) in [4.78, 5) is 2.23. The van der Waals surface area contributed by atoms with Crippen molar-refractivity contribution < 1.29 is 12.8 Å². The van der Waals surface area contributed by atoms with Gasteiger partial charge in [-0.15, -0.1) is 0 Å². The van der Waals surface area contributed by atoms with Crippen LogP contribution in [0.3, 0.4) is 0 Å². The number of piperazine rings is 1. The largest absolute Gasteiger partial charge is 0.463 e. The first-order valence-electron chi connectivity index (χ1n) is 7.36. The maximum absolute atomic E-state index is 11.5. The Morgan fingerprint density at radius 1 is 1.29 bits per heavy atom. The van der Waals surface area contributed by atoms with Gasteiger partial charge in [-0.2, -0.15) is 4.31 Å². The van der Waals surface area contributed by atoms with Gasteiger partial charge in [-0.3, -0.25) is 4.90 Å². The van der Waals surface area contributed by atoms with Crippen LogP contribution in [-0.4, -0.2) is 56.6 Å². The minimum absolute atomic E-state index is 0.558. The molecule has 0 radical (unpaired) electrons. The van der Waals surface area contributed by atoms with Gasteiger partial charge in [-0.25, -0.2) is 8.42 Å². The lowest BCUT2D eigenvalue weighted by Crippen LogP contribution is -2.47. The van der Waals surface area contributed by atoms with E-state index in [1.165, 1.54) is 16.1 Å². The summed E-state index contributed by atoms with van der Waals surface area (Å²) in [6.45, 7) is 9.15. The first-order chi connectivity index (χ1) is 9.90. The van der Waals surface area contributed by atoms with Gasteiger partial charge < -0.3 is 9.73 Å². The second kappa shape index (κ2) is 6.91. The van der Waals surface area contributed by atoms with Crippen LogP contribution >= 0.6 is 0 Å². The second-order valence-electron chi connectivity index (χ2n) is 5.54. The normalized spacial score (nSPS) is 18.2. The number of nitrogens with zero attached hydrogens (tertiary/aromatic N) is 2. The van der Waals surface area contributed by atoms with Gasteiger partial charge in [-0.05, 0) is 25.1 Å². The molecule has 1 fully saturated rings. The van der Waals surface area contributed by atoms with Gasteiger partial charge >= 0.3 is 0 Å². The quantitative estimate of drug-likeness (QED) is 0.840. The third kappa shape index (κ3) is 4.54. The summed E-state index contributed by atoms with van der Waals surface area (Å²) >= 11 is 0. The minimum Gasteiger partial charge on any atom is -0.463 e. The summed E-state index contributed by atoms with van der Waals surface area (Å²) in [5.41, 5.74) is 1.17. The average Bonchev–Trinajstić information content (AvgIpc) is 2.76. The topological polar surface area (TPSA) is 65.8 Å². The fourth-order valence-electron chi connectivity index (χ4n) is 2.52. The zero-order valence-electron chi connectivity index (χ0n) is 13.1. The lowest BCUT2D eigenvalue weighted by Gasteiger charge is -2.32. The molecule has 0 atom stereocenters. The van der Waals surface area contributed by atoms with Crippen molar-refractivity contribution >= 4 is 10.0 Å². The van der Waals surface area contributed by atoms with E-state index < -0.39 is 10.0 Å². The second-order valence-corrected chi connectivity index (χ2v) is 7.52. The molecule has 0 amide bonds. The van der Waals surface area contributed by atoms with Crippen LogP contribution in [0.5, 0.6) is 0 Å². The lowest BCUT2D eigenvalue weighted by molar-refractivity contribution is 0.170. The van der Waals surface area contributed by atoms with Gasteiger partial charge in [0.1, 0.15) is 11.5 Å². The summed E-state index contributed by atoms with van der Waals surface area (Å²) in [6, 6.07) is 2.08. The van der Waals surface area contributed by atoms with Crippen molar-refractivity contribution in [1.29, 1.82) is 0 Å². The molecule has 1 aliphatic rings. The maximum Gasteiger partial charge on any atom is 0.211 e. The molecule has 0 saturated carbocycles. The Morgan fingerprint density at radius 2 is 1.95 bits per heavy atom. The highest BCUT2D eigenvalue weighted by atomic mass is 32.2. The van der Waals surface area contributed by atoms with E-state index >= 15 is 0 Å². The van der Waals surface area contributed by atoms with Crippen molar-refractivity contribution in [3.8, 4) is 0 Å². The first-order valence-corrected chi connectivity index (χ1v) is 9.21. The molecule has 0 aromatic carbocycles. The van der Waals surface area contributed by atoms with Crippen LogP contribution in [0, 0.1) is 6.92 Å². The number of hydrogen-bond acceptors (Lipinski definition) is 5. The smallest absolute Gasteiger partial charge is 0.211 e. The summed E-state index contributed by atoms with van der Waals surface area (Å²) < 4.78 is 30.4. The van der Waals surface area contributed by atoms with E-state index in [1.807, 2.05) is 0 Å². The van der Waals surface area contributed by atoms with Crippen LogP contribution in [0.2, 0.25) is 0 Å². The number of nitrogens with one attached hydrogen (secondary N) is 1. The van der Waals surface area contributed by atoms with E-state index in [4.69, 9.17) is 4.42 Å². The zero-order chi connectivity index (χ0) is 15.5. The Bertz CT molecular complexity index is 560. The van der Waals surface area contributed by atoms with Crippen LogP contribution in [0.4, 0.5) is 0 Å². The third-order valence-corrected chi connectivity index (χ3v) is 5.09. The monoisotopic (exact) mass is 315 g/mol. The van der Waals surface area contributed by atoms with Gasteiger partial charge in [0.25, 0.3) is 0 Å². The number of hydrogen-bond donors (Lipinski definition) is 1. The number of sulfonamides is 1. The van der Waals surface area contributed by atoms with Crippen molar-refractivity contribution in [3.05, 3.63) is 23.2 Å². The van der Waals surface area contributed by atoms with Crippen LogP contribution < -0.4 is 5.32 Å². The Labute approximate surface area is 127 Å². The molecule has 1 saturated heterocycles. The summed E-state index contributed by atoms with van der Waals surface area (Å²) in [5.74, 6) is 1.94. The fourth-order valence-corrected chi connectivity index (χ4v) is 3.35. The van der Waals surface area contributed by atoms with E-state index in [2.05, 4.69) is 30.1 Å². The Balaban J connectivity index is 1.89. The molecule has 21 heavy (non-hydrogen) atoms. The van der Waals surface area contributed by atoms with Crippen molar-refractivity contribution in [2.24, 2.45) is 0 Å². The molecule has 1 aliphatic heterocycles.